The largest absolute Gasteiger partial charge is 0.427 e. The molecule has 1 rings (SSSR count). The fourth-order valence-electron chi connectivity index (χ4n) is 1.19. The van der Waals surface area contributed by atoms with E-state index in [9.17, 15) is 4.79 Å². The molecule has 2 N–H and O–H groups in total. The van der Waals surface area contributed by atoms with Crippen molar-refractivity contribution in [3.8, 4) is 0 Å². The molecule has 0 aliphatic rings. The number of halogens is 1. The lowest BCUT2D eigenvalue weighted by Gasteiger charge is -2.12. The standard InChI is InChI=1S/C11H15BIN2O2/c1-8(15-12-17-2)11(16)14-7-9-3-5-10(13)6-4-9/h3-6,8,15H,7H2,1-2H3,(H,14,16). The number of nitrogens with one attached hydrogen (secondary N) is 2. The molecule has 1 aromatic carbocycles. The van der Waals surface area contributed by atoms with Crippen molar-refractivity contribution in [1.82, 2.24) is 10.5 Å². The van der Waals surface area contributed by atoms with Crippen LogP contribution in [0.15, 0.2) is 24.3 Å². The maximum absolute atomic E-state index is 11.6. The van der Waals surface area contributed by atoms with E-state index in [-0.39, 0.29) is 11.9 Å². The van der Waals surface area contributed by atoms with E-state index in [1.165, 1.54) is 18.3 Å². The predicted octanol–water partition coefficient (Wildman–Crippen LogP) is 1.07. The molecule has 1 atom stereocenters. The number of amides is 1. The van der Waals surface area contributed by atoms with Crippen molar-refractivity contribution in [2.45, 2.75) is 19.5 Å². The van der Waals surface area contributed by atoms with Crippen molar-refractivity contribution in [2.24, 2.45) is 0 Å². The van der Waals surface area contributed by atoms with Gasteiger partial charge >= 0.3 is 7.62 Å². The highest BCUT2D eigenvalue weighted by Gasteiger charge is 2.11. The Bertz CT molecular complexity index is 359. The minimum Gasteiger partial charge on any atom is -0.427 e. The lowest BCUT2D eigenvalue weighted by atomic mass is 10.2. The van der Waals surface area contributed by atoms with Crippen LogP contribution in [-0.4, -0.2) is 26.7 Å². The summed E-state index contributed by atoms with van der Waals surface area (Å²) in [5.41, 5.74) is 1.08. The molecule has 4 nitrogen and oxygen atoms in total. The van der Waals surface area contributed by atoms with Crippen LogP contribution in [0.4, 0.5) is 0 Å². The fourth-order valence-corrected chi connectivity index (χ4v) is 1.55. The van der Waals surface area contributed by atoms with Gasteiger partial charge in [0.05, 0.1) is 6.04 Å². The molecule has 0 fully saturated rings. The summed E-state index contributed by atoms with van der Waals surface area (Å²) in [5, 5.41) is 5.66. The Kier molecular flexibility index (Phi) is 6.53. The van der Waals surface area contributed by atoms with Crippen LogP contribution in [0.5, 0.6) is 0 Å². The van der Waals surface area contributed by atoms with Crippen LogP contribution in [0.25, 0.3) is 0 Å². The first-order valence-corrected chi connectivity index (χ1v) is 6.34. The lowest BCUT2D eigenvalue weighted by molar-refractivity contribution is -0.122. The van der Waals surface area contributed by atoms with Gasteiger partial charge in [-0.2, -0.15) is 0 Å². The van der Waals surface area contributed by atoms with Gasteiger partial charge in [-0.05, 0) is 47.2 Å². The average molecular weight is 345 g/mol. The number of hydrogen-bond acceptors (Lipinski definition) is 3. The molecule has 91 valence electrons. The third-order valence-corrected chi connectivity index (χ3v) is 2.93. The Morgan fingerprint density at radius 1 is 1.47 bits per heavy atom. The summed E-state index contributed by atoms with van der Waals surface area (Å²) in [6, 6.07) is 7.73. The molecule has 1 aromatic rings. The maximum Gasteiger partial charge on any atom is 0.396 e. The van der Waals surface area contributed by atoms with Gasteiger partial charge in [0.25, 0.3) is 0 Å². The predicted molar refractivity (Wildman–Crippen MR) is 76.4 cm³/mol. The molecule has 0 saturated carbocycles. The second kappa shape index (κ2) is 7.68. The summed E-state index contributed by atoms with van der Waals surface area (Å²) in [6.07, 6.45) is 0. The molecule has 1 unspecified atom stereocenters. The van der Waals surface area contributed by atoms with Gasteiger partial charge in [0.2, 0.25) is 5.91 Å². The minimum absolute atomic E-state index is 0.0585. The van der Waals surface area contributed by atoms with Crippen LogP contribution in [0, 0.1) is 3.57 Å². The Morgan fingerprint density at radius 2 is 2.12 bits per heavy atom. The van der Waals surface area contributed by atoms with Crippen LogP contribution < -0.4 is 10.5 Å². The van der Waals surface area contributed by atoms with Crippen molar-refractivity contribution >= 4 is 36.1 Å². The van der Waals surface area contributed by atoms with Gasteiger partial charge in [-0.3, -0.25) is 4.79 Å². The Balaban J connectivity index is 2.34. The van der Waals surface area contributed by atoms with Crippen molar-refractivity contribution < 1.29 is 9.45 Å². The second-order valence-corrected chi connectivity index (χ2v) is 4.83. The minimum atomic E-state index is -0.307. The number of hydrogen-bond donors (Lipinski definition) is 2. The summed E-state index contributed by atoms with van der Waals surface area (Å²) >= 11 is 2.25. The van der Waals surface area contributed by atoms with Crippen LogP contribution in [0.2, 0.25) is 0 Å². The van der Waals surface area contributed by atoms with Crippen molar-refractivity contribution in [1.29, 1.82) is 0 Å². The molecule has 1 amide bonds. The molecule has 0 saturated heterocycles. The molecule has 1 radical (unpaired) electrons. The SMILES string of the molecule is CO[B]NC(C)C(=O)NCc1ccc(I)cc1. The van der Waals surface area contributed by atoms with Crippen molar-refractivity contribution in [3.63, 3.8) is 0 Å². The molecule has 0 aromatic heterocycles. The maximum atomic E-state index is 11.6. The Labute approximate surface area is 116 Å². The van der Waals surface area contributed by atoms with E-state index in [1.54, 1.807) is 6.92 Å². The zero-order valence-electron chi connectivity index (χ0n) is 9.87. The zero-order valence-corrected chi connectivity index (χ0v) is 12.0. The molecule has 0 bridgehead atoms. The van der Waals surface area contributed by atoms with Gasteiger partial charge in [-0.15, -0.1) is 0 Å². The van der Waals surface area contributed by atoms with Gasteiger partial charge < -0.3 is 15.2 Å². The summed E-state index contributed by atoms with van der Waals surface area (Å²) in [5.74, 6) is -0.0585. The van der Waals surface area contributed by atoms with Crippen molar-refractivity contribution in [2.75, 3.05) is 7.11 Å². The average Bonchev–Trinajstić information content (AvgIpc) is 2.34. The monoisotopic (exact) mass is 345 g/mol. The topological polar surface area (TPSA) is 50.4 Å². The van der Waals surface area contributed by atoms with Gasteiger partial charge in [0, 0.05) is 17.2 Å². The van der Waals surface area contributed by atoms with Gasteiger partial charge in [-0.25, -0.2) is 0 Å². The summed E-state index contributed by atoms with van der Waals surface area (Å²) in [6.45, 7) is 2.31. The summed E-state index contributed by atoms with van der Waals surface area (Å²) in [4.78, 5) is 11.6. The van der Waals surface area contributed by atoms with E-state index in [4.69, 9.17) is 4.65 Å². The smallest absolute Gasteiger partial charge is 0.396 e. The Hall–Kier alpha value is -0.595. The first kappa shape index (κ1) is 14.5. The highest BCUT2D eigenvalue weighted by Crippen LogP contribution is 2.06. The van der Waals surface area contributed by atoms with Gasteiger partial charge in [0.1, 0.15) is 0 Å². The van der Waals surface area contributed by atoms with Crippen LogP contribution in [0.3, 0.4) is 0 Å². The second-order valence-electron chi connectivity index (χ2n) is 3.59. The molecule has 6 heteroatoms. The van der Waals surface area contributed by atoms with E-state index in [2.05, 4.69) is 33.1 Å². The first-order chi connectivity index (χ1) is 8.13. The highest BCUT2D eigenvalue weighted by molar-refractivity contribution is 14.1. The summed E-state index contributed by atoms with van der Waals surface area (Å²) in [7, 11) is 2.93. The third-order valence-electron chi connectivity index (χ3n) is 2.21. The lowest BCUT2D eigenvalue weighted by Crippen LogP contribution is -2.43. The quantitative estimate of drug-likeness (QED) is 0.599. The zero-order chi connectivity index (χ0) is 12.7. The molecular weight excluding hydrogens is 330 g/mol. The third kappa shape index (κ3) is 5.51. The first-order valence-electron chi connectivity index (χ1n) is 5.26. The van der Waals surface area contributed by atoms with Gasteiger partial charge in [-0.1, -0.05) is 12.1 Å². The molecule has 0 aliphatic carbocycles. The van der Waals surface area contributed by atoms with E-state index in [0.717, 1.165) is 5.56 Å². The molecule has 0 aliphatic heterocycles. The number of carbonyl (C=O) groups is 1. The highest BCUT2D eigenvalue weighted by atomic mass is 127. The number of benzene rings is 1. The van der Waals surface area contributed by atoms with Crippen LogP contribution in [-0.2, 0) is 16.0 Å². The number of carbonyl (C=O) groups excluding carboxylic acids is 1. The molecule has 0 heterocycles. The molecular formula is C11H15BIN2O2. The number of rotatable bonds is 6. The Morgan fingerprint density at radius 3 is 2.71 bits per heavy atom. The van der Waals surface area contributed by atoms with E-state index in [0.29, 0.717) is 6.54 Å². The summed E-state index contributed by atoms with van der Waals surface area (Å²) < 4.78 is 5.90. The van der Waals surface area contributed by atoms with E-state index in [1.807, 2.05) is 24.3 Å². The molecule has 17 heavy (non-hydrogen) atoms. The fraction of sp³-hybridized carbons (Fsp3) is 0.364. The molecule has 0 spiro atoms. The van der Waals surface area contributed by atoms with Gasteiger partial charge in [0.15, 0.2) is 0 Å². The van der Waals surface area contributed by atoms with Crippen LogP contribution >= 0.6 is 22.6 Å². The van der Waals surface area contributed by atoms with E-state index < -0.39 is 0 Å². The normalized spacial score (nSPS) is 11.9. The van der Waals surface area contributed by atoms with E-state index >= 15 is 0 Å². The van der Waals surface area contributed by atoms with Crippen LogP contribution in [0.1, 0.15) is 12.5 Å². The van der Waals surface area contributed by atoms with Crippen molar-refractivity contribution in [3.05, 3.63) is 33.4 Å².